The lowest BCUT2D eigenvalue weighted by atomic mass is 9.69. The number of ether oxygens (including phenoxy) is 1. The molecule has 1 heterocycles. The van der Waals surface area contributed by atoms with E-state index in [1.165, 1.54) is 0 Å². The van der Waals surface area contributed by atoms with Gasteiger partial charge in [-0.15, -0.1) is 0 Å². The predicted octanol–water partition coefficient (Wildman–Crippen LogP) is 5.44. The van der Waals surface area contributed by atoms with E-state index >= 15 is 0 Å². The van der Waals surface area contributed by atoms with Crippen LogP contribution < -0.4 is 5.73 Å². The van der Waals surface area contributed by atoms with Crippen LogP contribution in [0.4, 0.5) is 0 Å². The molecule has 4 nitrogen and oxygen atoms in total. The fraction of sp³-hybridized carbons (Fsp3) is 0.231. The van der Waals surface area contributed by atoms with Crippen molar-refractivity contribution in [2.45, 2.75) is 32.6 Å². The number of allylic oxidation sites excluding steroid dienone is 3. The van der Waals surface area contributed by atoms with E-state index in [0.29, 0.717) is 29.7 Å². The first-order chi connectivity index (χ1) is 14.4. The molecule has 3 aromatic carbocycles. The average molecular weight is 394 g/mol. The number of carbonyl (C=O) groups excluding carboxylic acids is 1. The molecule has 0 spiro atoms. The zero-order valence-corrected chi connectivity index (χ0v) is 17.0. The summed E-state index contributed by atoms with van der Waals surface area (Å²) in [5.41, 5.74) is 7.88. The fourth-order valence-electron chi connectivity index (χ4n) is 4.93. The number of rotatable bonds is 1. The molecular weight excluding hydrogens is 372 g/mol. The largest absolute Gasteiger partial charge is 0.444 e. The summed E-state index contributed by atoms with van der Waals surface area (Å²) in [5.74, 6) is 0.209. The molecule has 0 radical (unpaired) electrons. The van der Waals surface area contributed by atoms with Gasteiger partial charge in [0.05, 0.1) is 5.92 Å². The van der Waals surface area contributed by atoms with Gasteiger partial charge in [-0.25, -0.2) is 0 Å². The molecule has 0 saturated heterocycles. The minimum atomic E-state index is -0.529. The summed E-state index contributed by atoms with van der Waals surface area (Å²) < 4.78 is 5.87. The molecule has 2 N–H and O–H groups in total. The summed E-state index contributed by atoms with van der Waals surface area (Å²) in [6, 6.07) is 20.6. The highest BCUT2D eigenvalue weighted by molar-refractivity contribution is 6.07. The first-order valence-electron chi connectivity index (χ1n) is 10.1. The Bertz CT molecular complexity index is 1280. The van der Waals surface area contributed by atoms with Crippen LogP contribution in [0.1, 0.15) is 38.2 Å². The van der Waals surface area contributed by atoms with Crippen molar-refractivity contribution in [3.8, 4) is 6.07 Å². The Morgan fingerprint density at radius 3 is 2.23 bits per heavy atom. The number of benzene rings is 3. The first-order valence-corrected chi connectivity index (χ1v) is 10.1. The Morgan fingerprint density at radius 1 is 1.03 bits per heavy atom. The number of ketones is 1. The van der Waals surface area contributed by atoms with E-state index in [-0.39, 0.29) is 17.1 Å². The molecule has 30 heavy (non-hydrogen) atoms. The van der Waals surface area contributed by atoms with Crippen molar-refractivity contribution in [1.29, 1.82) is 5.26 Å². The third kappa shape index (κ3) is 2.70. The molecule has 1 aliphatic carbocycles. The molecule has 1 aliphatic heterocycles. The highest BCUT2D eigenvalue weighted by Gasteiger charge is 2.43. The standard InChI is InChI=1S/C26H22N2O2/c1-26(2)12-20(29)24-21(13-26)30-25(28)19(14-27)23(24)22-17-9-5-3-7-15(17)11-16-8-4-6-10-18(16)22/h3-11,23H,12-13,28H2,1-2H3/t23-/m1/s1. The van der Waals surface area contributed by atoms with Gasteiger partial charge in [0.2, 0.25) is 5.88 Å². The van der Waals surface area contributed by atoms with E-state index in [4.69, 9.17) is 10.5 Å². The fourth-order valence-corrected chi connectivity index (χ4v) is 4.93. The van der Waals surface area contributed by atoms with Gasteiger partial charge in [0.25, 0.3) is 0 Å². The number of Topliss-reactive ketones (excluding diaryl/α,β-unsaturated/α-hetero) is 1. The Kier molecular flexibility index (Phi) is 3.98. The van der Waals surface area contributed by atoms with Gasteiger partial charge >= 0.3 is 0 Å². The topological polar surface area (TPSA) is 76.1 Å². The van der Waals surface area contributed by atoms with E-state index < -0.39 is 5.92 Å². The summed E-state index contributed by atoms with van der Waals surface area (Å²) >= 11 is 0. The second kappa shape index (κ2) is 6.47. The van der Waals surface area contributed by atoms with Crippen LogP contribution in [0.3, 0.4) is 0 Å². The van der Waals surface area contributed by atoms with E-state index in [0.717, 1.165) is 27.1 Å². The Labute approximate surface area is 175 Å². The first kappa shape index (κ1) is 18.4. The molecule has 148 valence electrons. The molecule has 0 fully saturated rings. The third-order valence-corrected chi connectivity index (χ3v) is 6.18. The van der Waals surface area contributed by atoms with Gasteiger partial charge in [-0.3, -0.25) is 4.79 Å². The van der Waals surface area contributed by atoms with Crippen molar-refractivity contribution in [1.82, 2.24) is 0 Å². The minimum Gasteiger partial charge on any atom is -0.444 e. The van der Waals surface area contributed by atoms with Crippen molar-refractivity contribution in [3.63, 3.8) is 0 Å². The maximum absolute atomic E-state index is 13.4. The molecule has 2 aliphatic rings. The lowest BCUT2D eigenvalue weighted by Crippen LogP contribution is -2.33. The second-order valence-electron chi connectivity index (χ2n) is 8.94. The third-order valence-electron chi connectivity index (χ3n) is 6.18. The van der Waals surface area contributed by atoms with E-state index in [1.54, 1.807) is 0 Å². The minimum absolute atomic E-state index is 0.0310. The predicted molar refractivity (Wildman–Crippen MR) is 117 cm³/mol. The quantitative estimate of drug-likeness (QED) is 0.557. The highest BCUT2D eigenvalue weighted by Crippen LogP contribution is 2.50. The van der Waals surface area contributed by atoms with Crippen LogP contribution in [-0.4, -0.2) is 5.78 Å². The van der Waals surface area contributed by atoms with Crippen molar-refractivity contribution < 1.29 is 9.53 Å². The smallest absolute Gasteiger partial charge is 0.205 e. The molecular formula is C26H22N2O2. The van der Waals surface area contributed by atoms with Gasteiger partial charge in [-0.2, -0.15) is 5.26 Å². The zero-order chi connectivity index (χ0) is 21.0. The van der Waals surface area contributed by atoms with Crippen LogP contribution in [0, 0.1) is 16.7 Å². The van der Waals surface area contributed by atoms with Gasteiger partial charge in [0.15, 0.2) is 5.78 Å². The normalized spacial score (nSPS) is 20.8. The van der Waals surface area contributed by atoms with Crippen LogP contribution in [0.25, 0.3) is 21.5 Å². The molecule has 1 atom stereocenters. The monoisotopic (exact) mass is 394 g/mol. The summed E-state index contributed by atoms with van der Waals surface area (Å²) in [5, 5.41) is 14.2. The summed E-state index contributed by atoms with van der Waals surface area (Å²) in [7, 11) is 0. The van der Waals surface area contributed by atoms with E-state index in [1.807, 2.05) is 24.3 Å². The van der Waals surface area contributed by atoms with Crippen LogP contribution in [0.15, 0.2) is 77.4 Å². The van der Waals surface area contributed by atoms with Gasteiger partial charge < -0.3 is 10.5 Å². The summed E-state index contributed by atoms with van der Waals surface area (Å²) in [6.07, 6.45) is 1.04. The Balaban J connectivity index is 1.90. The van der Waals surface area contributed by atoms with Crippen molar-refractivity contribution in [3.05, 3.63) is 82.9 Å². The van der Waals surface area contributed by atoms with Crippen molar-refractivity contribution >= 4 is 27.3 Å². The van der Waals surface area contributed by atoms with Crippen LogP contribution in [0.2, 0.25) is 0 Å². The number of carbonyl (C=O) groups is 1. The van der Waals surface area contributed by atoms with Gasteiger partial charge in [0.1, 0.15) is 17.4 Å². The number of nitrogens with zero attached hydrogens (tertiary/aromatic N) is 1. The molecule has 3 aromatic rings. The molecule has 5 rings (SSSR count). The lowest BCUT2D eigenvalue weighted by molar-refractivity contribution is -0.119. The summed E-state index contributed by atoms with van der Waals surface area (Å²) in [4.78, 5) is 13.4. The number of hydrogen-bond acceptors (Lipinski definition) is 4. The summed E-state index contributed by atoms with van der Waals surface area (Å²) in [6.45, 7) is 4.11. The lowest BCUT2D eigenvalue weighted by Gasteiger charge is -2.37. The molecule has 4 heteroatoms. The molecule has 0 saturated carbocycles. The number of nitriles is 1. The van der Waals surface area contributed by atoms with Gasteiger partial charge in [0, 0.05) is 18.4 Å². The number of fused-ring (bicyclic) bond motifs is 2. The maximum atomic E-state index is 13.4. The highest BCUT2D eigenvalue weighted by atomic mass is 16.5. The molecule has 0 aromatic heterocycles. The Morgan fingerprint density at radius 2 is 1.63 bits per heavy atom. The van der Waals surface area contributed by atoms with Crippen LogP contribution in [0.5, 0.6) is 0 Å². The number of nitrogens with two attached hydrogens (primary N) is 1. The van der Waals surface area contributed by atoms with Gasteiger partial charge in [-0.05, 0) is 38.6 Å². The molecule has 0 amide bonds. The van der Waals surface area contributed by atoms with E-state index in [2.05, 4.69) is 50.2 Å². The SMILES string of the molecule is CC1(C)CC(=O)C2=C(C1)OC(N)=C(C#N)[C@@H]2c1c2ccccc2cc2ccccc12. The van der Waals surface area contributed by atoms with E-state index in [9.17, 15) is 10.1 Å². The molecule has 0 bridgehead atoms. The van der Waals surface area contributed by atoms with Gasteiger partial charge in [-0.1, -0.05) is 62.4 Å². The van der Waals surface area contributed by atoms with Crippen molar-refractivity contribution in [2.75, 3.05) is 0 Å². The Hall–Kier alpha value is -3.58. The number of hydrogen-bond donors (Lipinski definition) is 1. The molecule has 0 unspecified atom stereocenters. The van der Waals surface area contributed by atoms with Crippen LogP contribution >= 0.6 is 0 Å². The zero-order valence-electron chi connectivity index (χ0n) is 17.0. The maximum Gasteiger partial charge on any atom is 0.205 e. The van der Waals surface area contributed by atoms with Crippen molar-refractivity contribution in [2.24, 2.45) is 11.1 Å². The second-order valence-corrected chi connectivity index (χ2v) is 8.94. The average Bonchev–Trinajstić information content (AvgIpc) is 2.70. The van der Waals surface area contributed by atoms with Crippen LogP contribution in [-0.2, 0) is 9.53 Å².